The molecule has 0 atom stereocenters. The van der Waals surface area contributed by atoms with Gasteiger partial charge in [-0.2, -0.15) is 0 Å². The number of carbonyl (C=O) groups excluding carboxylic acids is 3. The Morgan fingerprint density at radius 2 is 1.94 bits per heavy atom. The minimum absolute atomic E-state index is 0.0200. The molecule has 176 valence electrons. The zero-order chi connectivity index (χ0) is 24.4. The number of anilines is 3. The molecule has 2 aromatic heterocycles. The molecule has 11 nitrogen and oxygen atoms in total. The molecule has 1 aliphatic rings. The fourth-order valence-corrected chi connectivity index (χ4v) is 4.15. The molecule has 2 heterocycles. The maximum absolute atomic E-state index is 12.3. The Bertz CT molecular complexity index is 1270. The van der Waals surface area contributed by atoms with Crippen LogP contribution in [-0.2, 0) is 4.79 Å². The molecule has 1 saturated carbocycles. The van der Waals surface area contributed by atoms with E-state index in [9.17, 15) is 14.4 Å². The van der Waals surface area contributed by atoms with Gasteiger partial charge < -0.3 is 26.0 Å². The van der Waals surface area contributed by atoms with Gasteiger partial charge in [-0.25, -0.2) is 4.98 Å². The van der Waals surface area contributed by atoms with Crippen LogP contribution < -0.4 is 21.1 Å². The number of carbonyl (C=O) groups is 3. The summed E-state index contributed by atoms with van der Waals surface area (Å²) in [5.74, 6) is -0.446. The maximum atomic E-state index is 12.3. The average Bonchev–Trinajstić information content (AvgIpc) is 3.55. The predicted octanol–water partition coefficient (Wildman–Crippen LogP) is 2.50. The lowest BCUT2D eigenvalue weighted by Gasteiger charge is -2.16. The SMILES string of the molecule is COc1c(Nc2cc(NC(=O)C3CC3)nnc2C(N)=O)cccc1-c1ncc(C(=O)N(C)C)s1. The van der Waals surface area contributed by atoms with Gasteiger partial charge in [-0.3, -0.25) is 14.4 Å². The summed E-state index contributed by atoms with van der Waals surface area (Å²) in [6, 6.07) is 6.84. The highest BCUT2D eigenvalue weighted by atomic mass is 32.1. The highest BCUT2D eigenvalue weighted by Gasteiger charge is 2.30. The summed E-state index contributed by atoms with van der Waals surface area (Å²) < 4.78 is 5.64. The van der Waals surface area contributed by atoms with Crippen molar-refractivity contribution in [1.82, 2.24) is 20.1 Å². The molecule has 12 heteroatoms. The molecule has 1 aliphatic carbocycles. The van der Waals surface area contributed by atoms with E-state index < -0.39 is 5.91 Å². The van der Waals surface area contributed by atoms with Crippen LogP contribution >= 0.6 is 11.3 Å². The summed E-state index contributed by atoms with van der Waals surface area (Å²) in [5.41, 5.74) is 6.80. The van der Waals surface area contributed by atoms with Crippen LogP contribution in [0.4, 0.5) is 17.2 Å². The Morgan fingerprint density at radius 3 is 2.59 bits per heavy atom. The molecule has 0 saturated heterocycles. The smallest absolute Gasteiger partial charge is 0.271 e. The maximum Gasteiger partial charge on any atom is 0.271 e. The van der Waals surface area contributed by atoms with Gasteiger partial charge in [0.25, 0.3) is 11.8 Å². The summed E-state index contributed by atoms with van der Waals surface area (Å²) in [6.45, 7) is 0. The van der Waals surface area contributed by atoms with Crippen LogP contribution in [0.2, 0.25) is 0 Å². The quantitative estimate of drug-likeness (QED) is 0.444. The zero-order valence-electron chi connectivity index (χ0n) is 18.8. The normalized spacial score (nSPS) is 12.7. The number of thiazole rings is 1. The Kier molecular flexibility index (Phi) is 6.41. The van der Waals surface area contributed by atoms with E-state index in [1.807, 2.05) is 6.07 Å². The largest absolute Gasteiger partial charge is 0.494 e. The predicted molar refractivity (Wildman–Crippen MR) is 127 cm³/mol. The van der Waals surface area contributed by atoms with E-state index in [4.69, 9.17) is 10.5 Å². The number of ether oxygens (including phenoxy) is 1. The van der Waals surface area contributed by atoms with Crippen molar-refractivity contribution in [2.45, 2.75) is 12.8 Å². The van der Waals surface area contributed by atoms with E-state index in [1.165, 1.54) is 35.6 Å². The van der Waals surface area contributed by atoms with Crippen molar-refractivity contribution in [3.63, 3.8) is 0 Å². The van der Waals surface area contributed by atoms with E-state index in [0.29, 0.717) is 26.9 Å². The summed E-state index contributed by atoms with van der Waals surface area (Å²) in [5, 5.41) is 14.2. The van der Waals surface area contributed by atoms with E-state index >= 15 is 0 Å². The Balaban J connectivity index is 1.68. The third-order valence-corrected chi connectivity index (χ3v) is 6.09. The lowest BCUT2D eigenvalue weighted by molar-refractivity contribution is -0.117. The highest BCUT2D eigenvalue weighted by molar-refractivity contribution is 7.16. The molecule has 0 radical (unpaired) electrons. The van der Waals surface area contributed by atoms with Gasteiger partial charge in [0, 0.05) is 26.1 Å². The lowest BCUT2D eigenvalue weighted by atomic mass is 10.1. The van der Waals surface area contributed by atoms with Gasteiger partial charge in [-0.1, -0.05) is 6.07 Å². The lowest BCUT2D eigenvalue weighted by Crippen LogP contribution is -2.20. The van der Waals surface area contributed by atoms with Crippen molar-refractivity contribution in [1.29, 1.82) is 0 Å². The first-order valence-corrected chi connectivity index (χ1v) is 11.2. The van der Waals surface area contributed by atoms with Crippen LogP contribution in [0.5, 0.6) is 5.75 Å². The standard InChI is InChI=1S/C22H23N7O4S/c1-29(2)22(32)15-10-24-21(34-15)12-5-4-6-13(18(12)33-3)25-14-9-16(26-20(31)11-7-8-11)27-28-17(14)19(23)30/h4-6,9-11H,7-8H2,1-3H3,(H2,23,30)(H2,25,26,27,31). The van der Waals surface area contributed by atoms with Gasteiger partial charge in [-0.15, -0.1) is 21.5 Å². The van der Waals surface area contributed by atoms with E-state index in [2.05, 4.69) is 25.8 Å². The second-order valence-corrected chi connectivity index (χ2v) is 8.89. The van der Waals surface area contributed by atoms with Crippen molar-refractivity contribution >= 4 is 46.3 Å². The Morgan fingerprint density at radius 1 is 1.18 bits per heavy atom. The summed E-state index contributed by atoms with van der Waals surface area (Å²) >= 11 is 1.24. The number of nitrogens with one attached hydrogen (secondary N) is 2. The molecule has 34 heavy (non-hydrogen) atoms. The number of rotatable bonds is 8. The van der Waals surface area contributed by atoms with Crippen LogP contribution in [0.15, 0.2) is 30.5 Å². The van der Waals surface area contributed by atoms with Gasteiger partial charge in [0.05, 0.1) is 30.2 Å². The fraction of sp³-hybridized carbons (Fsp3) is 0.273. The summed E-state index contributed by atoms with van der Waals surface area (Å²) in [7, 11) is 4.85. The Hall–Kier alpha value is -4.06. The van der Waals surface area contributed by atoms with Crippen molar-refractivity contribution in [3.05, 3.63) is 41.0 Å². The van der Waals surface area contributed by atoms with Gasteiger partial charge in [-0.05, 0) is 25.0 Å². The van der Waals surface area contributed by atoms with Gasteiger partial charge in [0.2, 0.25) is 5.91 Å². The molecule has 4 rings (SSSR count). The number of hydrogen-bond acceptors (Lipinski definition) is 9. The number of primary amides is 1. The minimum Gasteiger partial charge on any atom is -0.494 e. The third kappa shape index (κ3) is 4.81. The number of nitrogens with zero attached hydrogens (tertiary/aromatic N) is 4. The van der Waals surface area contributed by atoms with Gasteiger partial charge in [0.15, 0.2) is 17.3 Å². The summed E-state index contributed by atoms with van der Waals surface area (Å²) in [6.07, 6.45) is 3.20. The molecule has 3 aromatic rings. The monoisotopic (exact) mass is 481 g/mol. The fourth-order valence-electron chi connectivity index (χ4n) is 3.19. The molecular formula is C22H23N7O4S. The van der Waals surface area contributed by atoms with Crippen molar-refractivity contribution in [3.8, 4) is 16.3 Å². The molecule has 3 amide bonds. The number of methoxy groups -OCH3 is 1. The van der Waals surface area contributed by atoms with Crippen molar-refractivity contribution in [2.75, 3.05) is 31.8 Å². The number of para-hydroxylation sites is 1. The van der Waals surface area contributed by atoms with Crippen LogP contribution in [0.25, 0.3) is 10.6 Å². The molecule has 4 N–H and O–H groups in total. The molecule has 0 unspecified atom stereocenters. The van der Waals surface area contributed by atoms with Gasteiger partial charge in [0.1, 0.15) is 9.88 Å². The number of hydrogen-bond donors (Lipinski definition) is 3. The number of amides is 3. The van der Waals surface area contributed by atoms with E-state index in [1.54, 1.807) is 26.2 Å². The molecule has 0 aliphatic heterocycles. The molecule has 0 spiro atoms. The van der Waals surface area contributed by atoms with Crippen LogP contribution in [-0.4, -0.2) is 59.0 Å². The first-order valence-electron chi connectivity index (χ1n) is 10.4. The van der Waals surface area contributed by atoms with Crippen LogP contribution in [0.1, 0.15) is 33.0 Å². The van der Waals surface area contributed by atoms with E-state index in [0.717, 1.165) is 12.8 Å². The Labute approximate surface area is 199 Å². The van der Waals surface area contributed by atoms with Crippen molar-refractivity contribution < 1.29 is 19.1 Å². The zero-order valence-corrected chi connectivity index (χ0v) is 19.6. The first-order chi connectivity index (χ1) is 16.3. The molecule has 1 fully saturated rings. The van der Waals surface area contributed by atoms with Crippen molar-refractivity contribution in [2.24, 2.45) is 11.7 Å². The van der Waals surface area contributed by atoms with E-state index in [-0.39, 0.29) is 34.9 Å². The molecule has 0 bridgehead atoms. The molecular weight excluding hydrogens is 458 g/mol. The van der Waals surface area contributed by atoms with Crippen LogP contribution in [0, 0.1) is 5.92 Å². The van der Waals surface area contributed by atoms with Gasteiger partial charge >= 0.3 is 0 Å². The van der Waals surface area contributed by atoms with Crippen LogP contribution in [0.3, 0.4) is 0 Å². The first kappa shape index (κ1) is 23.1. The minimum atomic E-state index is -0.781. The second kappa shape index (κ2) is 9.43. The molecule has 1 aromatic carbocycles. The number of nitrogens with two attached hydrogens (primary N) is 1. The third-order valence-electron chi connectivity index (χ3n) is 5.07. The number of aromatic nitrogens is 3. The summed E-state index contributed by atoms with van der Waals surface area (Å²) in [4.78, 5) is 42.7. The number of benzene rings is 1. The highest BCUT2D eigenvalue weighted by Crippen LogP contribution is 2.40. The average molecular weight is 482 g/mol. The topological polar surface area (TPSA) is 152 Å². The second-order valence-electron chi connectivity index (χ2n) is 7.86.